The van der Waals surface area contributed by atoms with Crippen LogP contribution in [0.2, 0.25) is 10.0 Å². The number of hydrazine groups is 1. The summed E-state index contributed by atoms with van der Waals surface area (Å²) in [6.45, 7) is 1.67. The van der Waals surface area contributed by atoms with Crippen LogP contribution in [0.3, 0.4) is 0 Å². The van der Waals surface area contributed by atoms with Crippen LogP contribution in [0.4, 0.5) is 4.39 Å². The standard InChI is InChI=1S/C24H21Cl2FN4OS/c25-17-5-8-21(20(26)12-17)31-23-16(11-15-3-6-18(27)7-4-15)13-33-14-19(23)22(28-31)24(32)29-30-9-1-2-10-30/h3-8,11-12H,1-2,9-10,13-14H2,(H,29,32)/b16-11+. The molecule has 0 unspecified atom stereocenters. The molecular formula is C24H21Cl2FN4OS. The van der Waals surface area contributed by atoms with E-state index in [9.17, 15) is 9.18 Å². The van der Waals surface area contributed by atoms with Crippen LogP contribution in [0.25, 0.3) is 17.3 Å². The summed E-state index contributed by atoms with van der Waals surface area (Å²) in [5.74, 6) is 0.883. The van der Waals surface area contributed by atoms with E-state index in [0.29, 0.717) is 27.2 Å². The quantitative estimate of drug-likeness (QED) is 0.486. The lowest BCUT2D eigenvalue weighted by atomic mass is 10.0. The Bertz CT molecular complexity index is 1240. The van der Waals surface area contributed by atoms with E-state index < -0.39 is 0 Å². The molecule has 33 heavy (non-hydrogen) atoms. The fraction of sp³-hybridized carbons (Fsp3) is 0.250. The topological polar surface area (TPSA) is 50.2 Å². The summed E-state index contributed by atoms with van der Waals surface area (Å²) in [6, 6.07) is 11.6. The molecule has 0 spiro atoms. The first-order valence-corrected chi connectivity index (χ1v) is 12.6. The van der Waals surface area contributed by atoms with Crippen LogP contribution in [-0.2, 0) is 5.75 Å². The Morgan fingerprint density at radius 2 is 1.85 bits per heavy atom. The first kappa shape index (κ1) is 22.5. The second-order valence-corrected chi connectivity index (χ2v) is 9.86. The molecule has 0 aliphatic carbocycles. The number of carbonyl (C=O) groups excluding carboxylic acids is 1. The molecule has 1 N–H and O–H groups in total. The highest BCUT2D eigenvalue weighted by atomic mass is 35.5. The van der Waals surface area contributed by atoms with Gasteiger partial charge in [-0.2, -0.15) is 16.9 Å². The Labute approximate surface area is 205 Å². The molecule has 1 amide bonds. The highest BCUT2D eigenvalue weighted by Gasteiger charge is 2.30. The van der Waals surface area contributed by atoms with Crippen molar-refractivity contribution in [2.45, 2.75) is 18.6 Å². The van der Waals surface area contributed by atoms with Gasteiger partial charge in [-0.25, -0.2) is 14.1 Å². The number of hydrogen-bond acceptors (Lipinski definition) is 4. The molecule has 5 rings (SSSR count). The van der Waals surface area contributed by atoms with Crippen molar-refractivity contribution in [3.63, 3.8) is 0 Å². The summed E-state index contributed by atoms with van der Waals surface area (Å²) in [4.78, 5) is 13.2. The van der Waals surface area contributed by atoms with Crippen LogP contribution in [0, 0.1) is 5.82 Å². The molecule has 2 aromatic carbocycles. The summed E-state index contributed by atoms with van der Waals surface area (Å²) in [6.07, 6.45) is 4.13. The minimum absolute atomic E-state index is 0.222. The maximum Gasteiger partial charge on any atom is 0.286 e. The molecule has 170 valence electrons. The van der Waals surface area contributed by atoms with E-state index in [1.165, 1.54) is 12.1 Å². The summed E-state index contributed by atoms with van der Waals surface area (Å²) < 4.78 is 15.2. The third kappa shape index (κ3) is 4.68. The molecule has 0 atom stereocenters. The number of carbonyl (C=O) groups is 1. The molecule has 0 bridgehead atoms. The fourth-order valence-corrected chi connectivity index (χ4v) is 5.66. The predicted molar refractivity (Wildman–Crippen MR) is 132 cm³/mol. The molecule has 2 aliphatic heterocycles. The zero-order chi connectivity index (χ0) is 22.9. The first-order chi connectivity index (χ1) is 16.0. The number of rotatable bonds is 4. The number of nitrogens with one attached hydrogen (secondary N) is 1. The maximum absolute atomic E-state index is 13.4. The van der Waals surface area contributed by atoms with E-state index in [-0.39, 0.29) is 11.7 Å². The fourth-order valence-electron chi connectivity index (χ4n) is 4.15. The molecule has 9 heteroatoms. The summed E-state index contributed by atoms with van der Waals surface area (Å²) in [5.41, 5.74) is 7.61. The van der Waals surface area contributed by atoms with Gasteiger partial charge in [0.2, 0.25) is 0 Å². The molecule has 5 nitrogen and oxygen atoms in total. The summed E-state index contributed by atoms with van der Waals surface area (Å²) >= 11 is 14.4. The minimum atomic E-state index is -0.283. The molecule has 1 aromatic heterocycles. The normalized spacial score (nSPS) is 17.4. The summed E-state index contributed by atoms with van der Waals surface area (Å²) in [7, 11) is 0. The third-order valence-electron chi connectivity index (χ3n) is 5.72. The lowest BCUT2D eigenvalue weighted by Crippen LogP contribution is -2.40. The van der Waals surface area contributed by atoms with Crippen LogP contribution in [-0.4, -0.2) is 39.5 Å². The molecule has 3 aromatic rings. The van der Waals surface area contributed by atoms with E-state index in [0.717, 1.165) is 54.1 Å². The number of fused-ring (bicyclic) bond motifs is 1. The molecule has 1 saturated heterocycles. The Kier molecular flexibility index (Phi) is 6.47. The molecule has 0 saturated carbocycles. The Morgan fingerprint density at radius 1 is 1.09 bits per heavy atom. The van der Waals surface area contributed by atoms with Gasteiger partial charge in [-0.05, 0) is 60.4 Å². The second-order valence-electron chi connectivity index (χ2n) is 8.03. The number of aromatic nitrogens is 2. The first-order valence-electron chi connectivity index (χ1n) is 10.7. The zero-order valence-electron chi connectivity index (χ0n) is 17.7. The van der Waals surface area contributed by atoms with E-state index in [2.05, 4.69) is 5.43 Å². The van der Waals surface area contributed by atoms with Crippen LogP contribution in [0.15, 0.2) is 42.5 Å². The van der Waals surface area contributed by atoms with Gasteiger partial charge in [-0.15, -0.1) is 0 Å². The maximum atomic E-state index is 13.4. The monoisotopic (exact) mass is 502 g/mol. The lowest BCUT2D eigenvalue weighted by Gasteiger charge is -2.19. The molecule has 1 fully saturated rings. The van der Waals surface area contributed by atoms with Crippen molar-refractivity contribution >= 4 is 52.5 Å². The van der Waals surface area contributed by atoms with Crippen LogP contribution >= 0.6 is 35.0 Å². The second kappa shape index (κ2) is 9.50. The van der Waals surface area contributed by atoms with Crippen molar-refractivity contribution in [2.75, 3.05) is 18.8 Å². The van der Waals surface area contributed by atoms with Crippen molar-refractivity contribution in [3.8, 4) is 5.69 Å². The number of thioether (sulfide) groups is 1. The highest BCUT2D eigenvalue weighted by molar-refractivity contribution is 7.99. The molecule has 2 aliphatic rings. The molecule has 3 heterocycles. The van der Waals surface area contributed by atoms with Crippen LogP contribution in [0.5, 0.6) is 0 Å². The average molecular weight is 503 g/mol. The van der Waals surface area contributed by atoms with Crippen molar-refractivity contribution in [3.05, 3.63) is 80.8 Å². The summed E-state index contributed by atoms with van der Waals surface area (Å²) in [5, 5.41) is 7.64. The van der Waals surface area contributed by atoms with E-state index >= 15 is 0 Å². The van der Waals surface area contributed by atoms with Crippen molar-refractivity contribution in [2.24, 2.45) is 0 Å². The van der Waals surface area contributed by atoms with E-state index in [1.807, 2.05) is 11.1 Å². The minimum Gasteiger partial charge on any atom is -0.283 e. The third-order valence-corrected chi connectivity index (χ3v) is 7.27. The highest BCUT2D eigenvalue weighted by Crippen LogP contribution is 2.38. The number of halogens is 3. The number of hydrogen-bond donors (Lipinski definition) is 1. The molecular weight excluding hydrogens is 482 g/mol. The van der Waals surface area contributed by atoms with Crippen LogP contribution < -0.4 is 5.43 Å². The van der Waals surface area contributed by atoms with Crippen molar-refractivity contribution in [1.29, 1.82) is 0 Å². The Hall–Kier alpha value is -2.32. The smallest absolute Gasteiger partial charge is 0.283 e. The number of benzene rings is 2. The van der Waals surface area contributed by atoms with Gasteiger partial charge < -0.3 is 0 Å². The van der Waals surface area contributed by atoms with Gasteiger partial charge in [-0.3, -0.25) is 10.2 Å². The largest absolute Gasteiger partial charge is 0.286 e. The zero-order valence-corrected chi connectivity index (χ0v) is 20.0. The Morgan fingerprint density at radius 3 is 2.58 bits per heavy atom. The van der Waals surface area contributed by atoms with Gasteiger partial charge in [0.25, 0.3) is 5.91 Å². The predicted octanol–water partition coefficient (Wildman–Crippen LogP) is 5.85. The van der Waals surface area contributed by atoms with Crippen molar-refractivity contribution < 1.29 is 9.18 Å². The molecule has 0 radical (unpaired) electrons. The van der Waals surface area contributed by atoms with Crippen molar-refractivity contribution in [1.82, 2.24) is 20.2 Å². The number of amides is 1. The van der Waals surface area contributed by atoms with Crippen LogP contribution in [0.1, 0.15) is 40.2 Å². The van der Waals surface area contributed by atoms with Gasteiger partial charge in [0.05, 0.1) is 16.4 Å². The van der Waals surface area contributed by atoms with E-state index in [1.54, 1.807) is 46.8 Å². The average Bonchev–Trinajstić information content (AvgIpc) is 3.44. The SMILES string of the molecule is O=C(NN1CCCC1)c1nn(-c2ccc(Cl)cc2Cl)c2c1CSC/C2=C\c1ccc(F)cc1. The van der Waals surface area contributed by atoms with Gasteiger partial charge in [0.15, 0.2) is 5.69 Å². The Balaban J connectivity index is 1.63. The van der Waals surface area contributed by atoms with Gasteiger partial charge in [0.1, 0.15) is 5.82 Å². The van der Waals surface area contributed by atoms with Gasteiger partial charge in [0, 0.05) is 35.2 Å². The lowest BCUT2D eigenvalue weighted by molar-refractivity contribution is 0.0819. The van der Waals surface area contributed by atoms with Gasteiger partial charge >= 0.3 is 0 Å². The van der Waals surface area contributed by atoms with Gasteiger partial charge in [-0.1, -0.05) is 35.3 Å². The van der Waals surface area contributed by atoms with E-state index in [4.69, 9.17) is 28.3 Å². The number of nitrogens with zero attached hydrogens (tertiary/aromatic N) is 3.